The van der Waals surface area contributed by atoms with Gasteiger partial charge < -0.3 is 15.4 Å². The Bertz CT molecular complexity index is 446. The summed E-state index contributed by atoms with van der Waals surface area (Å²) in [5, 5.41) is 0. The zero-order valence-corrected chi connectivity index (χ0v) is 13.4. The van der Waals surface area contributed by atoms with Gasteiger partial charge in [0, 0.05) is 25.6 Å². The van der Waals surface area contributed by atoms with E-state index in [-0.39, 0.29) is 24.4 Å². The Morgan fingerprint density at radius 2 is 2.10 bits per heavy atom. The Labute approximate surface area is 133 Å². The molecule has 4 nitrogen and oxygen atoms in total. The van der Waals surface area contributed by atoms with Gasteiger partial charge in [-0.05, 0) is 43.9 Å². The molecule has 5 heteroatoms. The molecule has 1 saturated heterocycles. The fraction of sp³-hybridized carbons (Fsp3) is 0.562. The zero-order chi connectivity index (χ0) is 14.4. The van der Waals surface area contributed by atoms with Crippen LogP contribution in [0.2, 0.25) is 0 Å². The van der Waals surface area contributed by atoms with Gasteiger partial charge in [0.25, 0.3) is 0 Å². The van der Waals surface area contributed by atoms with Gasteiger partial charge in [-0.1, -0.05) is 12.1 Å². The summed E-state index contributed by atoms with van der Waals surface area (Å²) in [4.78, 5) is 13.9. The van der Waals surface area contributed by atoms with Crippen LogP contribution in [0.1, 0.15) is 31.2 Å². The van der Waals surface area contributed by atoms with Crippen molar-refractivity contribution in [2.24, 2.45) is 5.73 Å². The van der Waals surface area contributed by atoms with Gasteiger partial charge in [-0.25, -0.2) is 0 Å². The SMILES string of the molecule is Cc1cccc(OCCCC(=O)N2CCC(N)CC2)c1.Cl. The van der Waals surface area contributed by atoms with E-state index in [2.05, 4.69) is 0 Å². The van der Waals surface area contributed by atoms with Gasteiger partial charge in [-0.3, -0.25) is 4.79 Å². The van der Waals surface area contributed by atoms with Gasteiger partial charge in [0.2, 0.25) is 5.91 Å². The molecule has 1 aromatic carbocycles. The number of hydrogen-bond acceptors (Lipinski definition) is 3. The second-order valence-electron chi connectivity index (χ2n) is 5.49. The molecular formula is C16H25ClN2O2. The molecule has 21 heavy (non-hydrogen) atoms. The summed E-state index contributed by atoms with van der Waals surface area (Å²) in [6, 6.07) is 8.24. The summed E-state index contributed by atoms with van der Waals surface area (Å²) in [6.07, 6.45) is 3.16. The quantitative estimate of drug-likeness (QED) is 0.850. The molecule has 0 saturated carbocycles. The highest BCUT2D eigenvalue weighted by Gasteiger charge is 2.19. The number of nitrogens with two attached hydrogens (primary N) is 1. The number of benzene rings is 1. The van der Waals surface area contributed by atoms with Crippen molar-refractivity contribution in [1.82, 2.24) is 4.90 Å². The number of piperidine rings is 1. The number of carbonyl (C=O) groups excluding carboxylic acids is 1. The Morgan fingerprint density at radius 1 is 1.38 bits per heavy atom. The number of hydrogen-bond donors (Lipinski definition) is 1. The molecule has 0 unspecified atom stereocenters. The monoisotopic (exact) mass is 312 g/mol. The van der Waals surface area contributed by atoms with Crippen LogP contribution >= 0.6 is 12.4 Å². The van der Waals surface area contributed by atoms with Crippen molar-refractivity contribution in [3.8, 4) is 5.75 Å². The molecule has 0 radical (unpaired) electrons. The summed E-state index contributed by atoms with van der Waals surface area (Å²) in [6.45, 7) is 4.23. The standard InChI is InChI=1S/C16H24N2O2.ClH/c1-13-4-2-5-15(12-13)20-11-3-6-16(19)18-9-7-14(17)8-10-18;/h2,4-5,12,14H,3,6-11,17H2,1H3;1H. The first-order valence-corrected chi connectivity index (χ1v) is 7.38. The Balaban J connectivity index is 0.00000220. The van der Waals surface area contributed by atoms with Crippen molar-refractivity contribution in [2.75, 3.05) is 19.7 Å². The smallest absolute Gasteiger partial charge is 0.222 e. The van der Waals surface area contributed by atoms with Crippen molar-refractivity contribution < 1.29 is 9.53 Å². The molecule has 0 aliphatic carbocycles. The van der Waals surface area contributed by atoms with E-state index >= 15 is 0 Å². The molecule has 0 spiro atoms. The van der Waals surface area contributed by atoms with Crippen LogP contribution in [0, 0.1) is 6.92 Å². The first-order chi connectivity index (χ1) is 9.65. The summed E-state index contributed by atoms with van der Waals surface area (Å²) in [5.74, 6) is 1.10. The lowest BCUT2D eigenvalue weighted by Crippen LogP contribution is -2.42. The molecule has 0 aromatic heterocycles. The number of amides is 1. The van der Waals surface area contributed by atoms with Crippen molar-refractivity contribution >= 4 is 18.3 Å². The molecule has 1 aliphatic rings. The van der Waals surface area contributed by atoms with Gasteiger partial charge in [-0.2, -0.15) is 0 Å². The lowest BCUT2D eigenvalue weighted by molar-refractivity contribution is -0.132. The Morgan fingerprint density at radius 3 is 2.76 bits per heavy atom. The summed E-state index contributed by atoms with van der Waals surface area (Å²) < 4.78 is 5.65. The molecule has 1 fully saturated rings. The Kier molecular flexibility index (Phi) is 7.54. The summed E-state index contributed by atoms with van der Waals surface area (Å²) in [5.41, 5.74) is 7.02. The average Bonchev–Trinajstić information content (AvgIpc) is 2.44. The van der Waals surface area contributed by atoms with Crippen LogP contribution in [0.15, 0.2) is 24.3 Å². The maximum Gasteiger partial charge on any atom is 0.222 e. The number of carbonyl (C=O) groups is 1. The highest BCUT2D eigenvalue weighted by Crippen LogP contribution is 2.14. The van der Waals surface area contributed by atoms with Gasteiger partial charge in [0.05, 0.1) is 6.61 Å². The fourth-order valence-corrected chi connectivity index (χ4v) is 2.43. The third-order valence-electron chi connectivity index (χ3n) is 3.69. The molecule has 1 aromatic rings. The van der Waals surface area contributed by atoms with Crippen LogP contribution in [-0.2, 0) is 4.79 Å². The second kappa shape index (κ2) is 8.90. The van der Waals surface area contributed by atoms with E-state index in [1.165, 1.54) is 5.56 Å². The van der Waals surface area contributed by atoms with E-state index in [4.69, 9.17) is 10.5 Å². The van der Waals surface area contributed by atoms with Crippen LogP contribution in [0.4, 0.5) is 0 Å². The van der Waals surface area contributed by atoms with Crippen LogP contribution in [0.5, 0.6) is 5.75 Å². The molecule has 2 N–H and O–H groups in total. The number of likely N-dealkylation sites (tertiary alicyclic amines) is 1. The van der Waals surface area contributed by atoms with E-state index < -0.39 is 0 Å². The van der Waals surface area contributed by atoms with E-state index in [1.54, 1.807) is 0 Å². The third-order valence-corrected chi connectivity index (χ3v) is 3.69. The van der Waals surface area contributed by atoms with E-state index in [0.29, 0.717) is 13.0 Å². The van der Waals surface area contributed by atoms with Crippen LogP contribution < -0.4 is 10.5 Å². The highest BCUT2D eigenvalue weighted by molar-refractivity contribution is 5.85. The number of aryl methyl sites for hydroxylation is 1. The van der Waals surface area contributed by atoms with Crippen molar-refractivity contribution in [1.29, 1.82) is 0 Å². The normalized spacial score (nSPS) is 15.4. The predicted molar refractivity (Wildman–Crippen MR) is 86.9 cm³/mol. The van der Waals surface area contributed by atoms with Gasteiger partial charge >= 0.3 is 0 Å². The molecular weight excluding hydrogens is 288 g/mol. The van der Waals surface area contributed by atoms with Gasteiger partial charge in [0.15, 0.2) is 0 Å². The van der Waals surface area contributed by atoms with Crippen molar-refractivity contribution in [3.63, 3.8) is 0 Å². The van der Waals surface area contributed by atoms with Crippen LogP contribution in [0.25, 0.3) is 0 Å². The molecule has 1 amide bonds. The average molecular weight is 313 g/mol. The van der Waals surface area contributed by atoms with Crippen LogP contribution in [-0.4, -0.2) is 36.5 Å². The number of nitrogens with zero attached hydrogens (tertiary/aromatic N) is 1. The minimum absolute atomic E-state index is 0. The van der Waals surface area contributed by atoms with Crippen LogP contribution in [0.3, 0.4) is 0 Å². The van der Waals surface area contributed by atoms with E-state index in [1.807, 2.05) is 36.1 Å². The third kappa shape index (κ3) is 5.94. The van der Waals surface area contributed by atoms with Gasteiger partial charge in [0.1, 0.15) is 5.75 Å². The lowest BCUT2D eigenvalue weighted by Gasteiger charge is -2.30. The maximum atomic E-state index is 12.0. The summed E-state index contributed by atoms with van der Waals surface area (Å²) in [7, 11) is 0. The lowest BCUT2D eigenvalue weighted by atomic mass is 10.1. The van der Waals surface area contributed by atoms with E-state index in [0.717, 1.165) is 38.1 Å². The highest BCUT2D eigenvalue weighted by atomic mass is 35.5. The molecule has 0 bridgehead atoms. The number of rotatable bonds is 5. The first kappa shape index (κ1) is 17.8. The Hall–Kier alpha value is -1.26. The van der Waals surface area contributed by atoms with Crippen molar-refractivity contribution in [2.45, 2.75) is 38.6 Å². The summed E-state index contributed by atoms with van der Waals surface area (Å²) >= 11 is 0. The minimum Gasteiger partial charge on any atom is -0.494 e. The molecule has 118 valence electrons. The predicted octanol–water partition coefficient (Wildman–Crippen LogP) is 2.53. The molecule has 1 heterocycles. The molecule has 2 rings (SSSR count). The van der Waals surface area contributed by atoms with Gasteiger partial charge in [-0.15, -0.1) is 12.4 Å². The van der Waals surface area contributed by atoms with Crippen molar-refractivity contribution in [3.05, 3.63) is 29.8 Å². The van der Waals surface area contributed by atoms with E-state index in [9.17, 15) is 4.79 Å². The number of ether oxygens (including phenoxy) is 1. The number of halogens is 1. The second-order valence-corrected chi connectivity index (χ2v) is 5.49. The fourth-order valence-electron chi connectivity index (χ4n) is 2.43. The zero-order valence-electron chi connectivity index (χ0n) is 12.6. The maximum absolute atomic E-state index is 12.0. The topological polar surface area (TPSA) is 55.6 Å². The molecule has 1 aliphatic heterocycles. The largest absolute Gasteiger partial charge is 0.494 e. The molecule has 0 atom stereocenters. The first-order valence-electron chi connectivity index (χ1n) is 7.38. The minimum atomic E-state index is 0.